The Hall–Kier alpha value is -1.16. The zero-order valence-corrected chi connectivity index (χ0v) is 14.8. The highest BCUT2D eigenvalue weighted by molar-refractivity contribution is 5.28. The lowest BCUT2D eigenvalue weighted by Gasteiger charge is -2.57. The van der Waals surface area contributed by atoms with Crippen molar-refractivity contribution in [2.45, 2.75) is 71.3 Å². The molecular weight excluding hydrogens is 302 g/mol. The molecule has 0 saturated heterocycles. The normalized spacial score (nSPS) is 49.1. The molecule has 0 aromatic rings. The molecule has 4 aliphatic carbocycles. The van der Waals surface area contributed by atoms with Crippen LogP contribution in [0.25, 0.3) is 0 Å². The molecule has 4 aliphatic rings. The molecule has 3 fully saturated rings. The fraction of sp³-hybridized carbons (Fsp3) is 0.800. The van der Waals surface area contributed by atoms with Gasteiger partial charge in [0.2, 0.25) is 6.20 Å². The van der Waals surface area contributed by atoms with Crippen molar-refractivity contribution in [3.63, 3.8) is 0 Å². The predicted molar refractivity (Wildman–Crippen MR) is 92.8 cm³/mol. The van der Waals surface area contributed by atoms with Crippen molar-refractivity contribution < 1.29 is 10.0 Å². The third kappa shape index (κ3) is 2.22. The van der Waals surface area contributed by atoms with Crippen LogP contribution in [-0.4, -0.2) is 16.1 Å². The number of hydrogen-bond acceptors (Lipinski definition) is 3. The van der Waals surface area contributed by atoms with Gasteiger partial charge >= 0.3 is 0 Å². The summed E-state index contributed by atoms with van der Waals surface area (Å²) in [6.45, 7) is 4.70. The van der Waals surface area contributed by atoms with Gasteiger partial charge in [-0.1, -0.05) is 25.5 Å². The summed E-state index contributed by atoms with van der Waals surface area (Å²) in [5.74, 6) is 1.94. The van der Waals surface area contributed by atoms with E-state index in [-0.39, 0.29) is 21.9 Å². The molecule has 0 aliphatic heterocycles. The number of nitrogens with zero attached hydrogens (tertiary/aromatic N) is 1. The molecule has 0 heterocycles. The molecule has 4 heteroatoms. The second kappa shape index (κ2) is 5.42. The Morgan fingerprint density at radius 1 is 1.21 bits per heavy atom. The van der Waals surface area contributed by atoms with Crippen molar-refractivity contribution in [2.75, 3.05) is 0 Å². The van der Waals surface area contributed by atoms with Crippen LogP contribution in [0.1, 0.15) is 65.2 Å². The maximum atomic E-state index is 11.0. The molecule has 0 radical (unpaired) electrons. The fourth-order valence-electron chi connectivity index (χ4n) is 6.83. The molecular formula is C20H29NO3. The Balaban J connectivity index is 1.66. The SMILES string of the molecule is C[C@]12CCC(O)CC1=CC[C@@H]1[C@H]2CC[C@]2(C)C(=C[N+](=O)[O-])CC[C@@H]12. The van der Waals surface area contributed by atoms with E-state index in [1.807, 2.05) is 0 Å². The summed E-state index contributed by atoms with van der Waals surface area (Å²) in [5.41, 5.74) is 2.85. The van der Waals surface area contributed by atoms with E-state index in [9.17, 15) is 15.2 Å². The molecule has 0 spiro atoms. The molecule has 6 atom stereocenters. The van der Waals surface area contributed by atoms with Crippen molar-refractivity contribution in [3.8, 4) is 0 Å². The minimum Gasteiger partial charge on any atom is -0.393 e. The quantitative estimate of drug-likeness (QED) is 0.438. The highest BCUT2D eigenvalue weighted by Crippen LogP contribution is 2.66. The molecule has 1 N–H and O–H groups in total. The molecule has 24 heavy (non-hydrogen) atoms. The van der Waals surface area contributed by atoms with Crippen LogP contribution in [-0.2, 0) is 0 Å². The Morgan fingerprint density at radius 3 is 2.67 bits per heavy atom. The van der Waals surface area contributed by atoms with Crippen molar-refractivity contribution in [3.05, 3.63) is 33.5 Å². The monoisotopic (exact) mass is 331 g/mol. The number of fused-ring (bicyclic) bond motifs is 5. The summed E-state index contributed by atoms with van der Waals surface area (Å²) in [6.07, 6.45) is 11.8. The smallest absolute Gasteiger partial charge is 0.234 e. The first-order valence-corrected chi connectivity index (χ1v) is 9.57. The predicted octanol–water partition coefficient (Wildman–Crippen LogP) is 4.47. The first-order valence-electron chi connectivity index (χ1n) is 9.57. The first kappa shape index (κ1) is 16.3. The first-order chi connectivity index (χ1) is 11.3. The van der Waals surface area contributed by atoms with E-state index in [0.29, 0.717) is 17.8 Å². The summed E-state index contributed by atoms with van der Waals surface area (Å²) in [7, 11) is 0. The highest BCUT2D eigenvalue weighted by atomic mass is 16.6. The number of rotatable bonds is 1. The Labute approximate surface area is 144 Å². The van der Waals surface area contributed by atoms with Gasteiger partial charge in [0.25, 0.3) is 0 Å². The third-order valence-electron chi connectivity index (χ3n) is 8.19. The number of aliphatic hydroxyl groups excluding tert-OH is 1. The molecule has 4 rings (SSSR count). The van der Waals surface area contributed by atoms with E-state index in [1.54, 1.807) is 0 Å². The molecule has 3 saturated carbocycles. The Morgan fingerprint density at radius 2 is 1.92 bits per heavy atom. The van der Waals surface area contributed by atoms with E-state index in [2.05, 4.69) is 19.9 Å². The van der Waals surface area contributed by atoms with E-state index < -0.39 is 0 Å². The largest absolute Gasteiger partial charge is 0.393 e. The van der Waals surface area contributed by atoms with Gasteiger partial charge in [-0.15, -0.1) is 0 Å². The van der Waals surface area contributed by atoms with Gasteiger partial charge in [0.15, 0.2) is 0 Å². The molecule has 4 nitrogen and oxygen atoms in total. The number of allylic oxidation sites excluding steroid dienone is 2. The van der Waals surface area contributed by atoms with E-state index in [0.717, 1.165) is 50.5 Å². The van der Waals surface area contributed by atoms with Crippen LogP contribution in [0.5, 0.6) is 0 Å². The van der Waals surface area contributed by atoms with Crippen LogP contribution in [0.15, 0.2) is 23.4 Å². The van der Waals surface area contributed by atoms with Crippen LogP contribution < -0.4 is 0 Å². The van der Waals surface area contributed by atoms with Crippen LogP contribution >= 0.6 is 0 Å². The van der Waals surface area contributed by atoms with Gasteiger partial charge in [-0.25, -0.2) is 0 Å². The summed E-state index contributed by atoms with van der Waals surface area (Å²) >= 11 is 0. The lowest BCUT2D eigenvalue weighted by atomic mass is 9.48. The summed E-state index contributed by atoms with van der Waals surface area (Å²) in [6, 6.07) is 0. The van der Waals surface area contributed by atoms with Crippen LogP contribution in [0.2, 0.25) is 0 Å². The zero-order valence-electron chi connectivity index (χ0n) is 14.8. The van der Waals surface area contributed by atoms with Crippen LogP contribution in [0.3, 0.4) is 0 Å². The maximum Gasteiger partial charge on any atom is 0.234 e. The van der Waals surface area contributed by atoms with Gasteiger partial charge in [-0.05, 0) is 80.0 Å². The lowest BCUT2D eigenvalue weighted by Crippen LogP contribution is -2.49. The minimum atomic E-state index is -0.252. The molecule has 0 aromatic heterocycles. The number of hydrogen-bond donors (Lipinski definition) is 1. The molecule has 0 bridgehead atoms. The van der Waals surface area contributed by atoms with Crippen molar-refractivity contribution in [1.82, 2.24) is 0 Å². The Bertz CT molecular complexity index is 624. The number of aliphatic hydroxyl groups is 1. The maximum absolute atomic E-state index is 11.0. The van der Waals surface area contributed by atoms with Gasteiger partial charge in [-0.2, -0.15) is 0 Å². The average Bonchev–Trinajstić information content (AvgIpc) is 2.84. The van der Waals surface area contributed by atoms with Crippen LogP contribution in [0, 0.1) is 38.7 Å². The van der Waals surface area contributed by atoms with E-state index in [1.165, 1.54) is 18.2 Å². The Kier molecular flexibility index (Phi) is 3.68. The molecule has 0 amide bonds. The van der Waals surface area contributed by atoms with Gasteiger partial charge in [-0.3, -0.25) is 10.1 Å². The second-order valence-electron chi connectivity index (χ2n) is 9.09. The minimum absolute atomic E-state index is 0.0319. The third-order valence-corrected chi connectivity index (χ3v) is 8.19. The highest BCUT2D eigenvalue weighted by Gasteiger charge is 2.57. The number of nitro groups is 1. The molecule has 1 unspecified atom stereocenters. The average molecular weight is 331 g/mol. The molecule has 132 valence electrons. The van der Waals surface area contributed by atoms with E-state index >= 15 is 0 Å². The standard InChI is InChI=1S/C20H29NO3/c1-19-9-7-15(22)11-13(19)3-5-16-17-6-4-14(12-21(23)24)20(17,2)10-8-18(16)19/h3,12,15-18,22H,4-11H2,1-2H3/t15?,16-,17-,18+,19-,20+/m0/s1. The fourth-order valence-corrected chi connectivity index (χ4v) is 6.83. The summed E-state index contributed by atoms with van der Waals surface area (Å²) < 4.78 is 0. The van der Waals surface area contributed by atoms with Gasteiger partial charge in [0.05, 0.1) is 11.0 Å². The second-order valence-corrected chi connectivity index (χ2v) is 9.09. The van der Waals surface area contributed by atoms with Gasteiger partial charge in [0, 0.05) is 5.57 Å². The van der Waals surface area contributed by atoms with Crippen molar-refractivity contribution in [2.24, 2.45) is 28.6 Å². The van der Waals surface area contributed by atoms with Crippen molar-refractivity contribution in [1.29, 1.82) is 0 Å². The zero-order chi connectivity index (χ0) is 17.1. The summed E-state index contributed by atoms with van der Waals surface area (Å²) in [5, 5.41) is 21.1. The lowest BCUT2D eigenvalue weighted by molar-refractivity contribution is -0.404. The van der Waals surface area contributed by atoms with Gasteiger partial charge in [0.1, 0.15) is 0 Å². The summed E-state index contributed by atoms with van der Waals surface area (Å²) in [4.78, 5) is 10.8. The van der Waals surface area contributed by atoms with E-state index in [4.69, 9.17) is 0 Å². The van der Waals surface area contributed by atoms with Crippen LogP contribution in [0.4, 0.5) is 0 Å². The van der Waals surface area contributed by atoms with Gasteiger partial charge < -0.3 is 5.11 Å². The topological polar surface area (TPSA) is 63.4 Å². The molecule has 0 aromatic carbocycles. The van der Waals surface area contributed by atoms with Crippen molar-refractivity contribution >= 4 is 0 Å².